The lowest BCUT2D eigenvalue weighted by Crippen LogP contribution is -2.53. The van der Waals surface area contributed by atoms with E-state index in [1.54, 1.807) is 4.90 Å². The molecule has 0 unspecified atom stereocenters. The number of amides is 2. The summed E-state index contributed by atoms with van der Waals surface area (Å²) in [5.41, 5.74) is 10.5. The number of carbonyl (C=O) groups is 2. The van der Waals surface area contributed by atoms with Crippen molar-refractivity contribution in [2.24, 2.45) is 5.73 Å². The molecule has 174 valence electrons. The molecule has 1 saturated heterocycles. The SMILES string of the molecule is CC(C)(C)c1ccc(C2=CC3(CCN(C(=O)OC4(C(N)=O)CCCCC4)CC3)ON2)cc1. The Balaban J connectivity index is 1.38. The van der Waals surface area contributed by atoms with E-state index in [1.807, 2.05) is 0 Å². The highest BCUT2D eigenvalue weighted by Crippen LogP contribution is 2.37. The van der Waals surface area contributed by atoms with Gasteiger partial charge in [-0.2, -0.15) is 0 Å². The number of hydrogen-bond acceptors (Lipinski definition) is 5. The molecule has 1 aliphatic carbocycles. The Bertz CT molecular complexity index is 887. The molecule has 32 heavy (non-hydrogen) atoms. The van der Waals surface area contributed by atoms with Crippen molar-refractivity contribution >= 4 is 17.7 Å². The van der Waals surface area contributed by atoms with E-state index >= 15 is 0 Å². The molecule has 4 rings (SSSR count). The first-order valence-electron chi connectivity index (χ1n) is 11.7. The van der Waals surface area contributed by atoms with E-state index in [0.717, 1.165) is 30.5 Å². The fourth-order valence-corrected chi connectivity index (χ4v) is 4.84. The third kappa shape index (κ3) is 4.49. The molecule has 0 atom stereocenters. The minimum atomic E-state index is -1.15. The molecule has 0 radical (unpaired) electrons. The summed E-state index contributed by atoms with van der Waals surface area (Å²) in [6, 6.07) is 8.53. The first kappa shape index (κ1) is 22.6. The van der Waals surface area contributed by atoms with Crippen molar-refractivity contribution in [3.8, 4) is 0 Å². The number of benzene rings is 1. The Morgan fingerprint density at radius 3 is 2.22 bits per heavy atom. The van der Waals surface area contributed by atoms with E-state index in [0.29, 0.717) is 38.8 Å². The van der Waals surface area contributed by atoms with Crippen LogP contribution >= 0.6 is 0 Å². The average molecular weight is 442 g/mol. The van der Waals surface area contributed by atoms with Crippen LogP contribution in [0.5, 0.6) is 0 Å². The van der Waals surface area contributed by atoms with Gasteiger partial charge in [0.1, 0.15) is 5.60 Å². The van der Waals surface area contributed by atoms with E-state index in [4.69, 9.17) is 15.3 Å². The summed E-state index contributed by atoms with van der Waals surface area (Å²) in [4.78, 5) is 32.5. The first-order chi connectivity index (χ1) is 15.1. The van der Waals surface area contributed by atoms with Crippen LogP contribution in [0, 0.1) is 0 Å². The number of hydroxylamine groups is 1. The summed E-state index contributed by atoms with van der Waals surface area (Å²) < 4.78 is 5.70. The number of nitrogens with two attached hydrogens (primary N) is 1. The molecule has 2 heterocycles. The third-order valence-electron chi connectivity index (χ3n) is 7.09. The summed E-state index contributed by atoms with van der Waals surface area (Å²) in [7, 11) is 0. The average Bonchev–Trinajstić information content (AvgIpc) is 3.17. The molecule has 1 saturated carbocycles. The van der Waals surface area contributed by atoms with Crippen LogP contribution in [0.15, 0.2) is 30.3 Å². The fraction of sp³-hybridized carbons (Fsp3) is 0.600. The Kier molecular flexibility index (Phi) is 5.96. The number of ether oxygens (including phenoxy) is 1. The largest absolute Gasteiger partial charge is 0.433 e. The molecule has 2 aliphatic heterocycles. The zero-order valence-corrected chi connectivity index (χ0v) is 19.4. The highest BCUT2D eigenvalue weighted by molar-refractivity contribution is 5.86. The van der Waals surface area contributed by atoms with Gasteiger partial charge in [0.15, 0.2) is 5.60 Å². The van der Waals surface area contributed by atoms with Crippen molar-refractivity contribution in [2.75, 3.05) is 13.1 Å². The van der Waals surface area contributed by atoms with Gasteiger partial charge >= 0.3 is 6.09 Å². The lowest BCUT2D eigenvalue weighted by Gasteiger charge is -2.39. The topological polar surface area (TPSA) is 93.9 Å². The number of piperidine rings is 1. The number of hydrogen-bond donors (Lipinski definition) is 2. The lowest BCUT2D eigenvalue weighted by molar-refractivity contribution is -0.142. The second-order valence-electron chi connectivity index (χ2n) is 10.4. The zero-order valence-electron chi connectivity index (χ0n) is 19.4. The van der Waals surface area contributed by atoms with Crippen LogP contribution in [0.4, 0.5) is 4.79 Å². The normalized spacial score (nSPS) is 22.2. The number of carbonyl (C=O) groups excluding carboxylic acids is 2. The Morgan fingerprint density at radius 1 is 1.03 bits per heavy atom. The molecule has 3 aliphatic rings. The van der Waals surface area contributed by atoms with Crippen LogP contribution in [0.3, 0.4) is 0 Å². The van der Waals surface area contributed by atoms with Gasteiger partial charge in [-0.15, -0.1) is 0 Å². The molecule has 3 N–H and O–H groups in total. The van der Waals surface area contributed by atoms with Gasteiger partial charge in [0.25, 0.3) is 5.91 Å². The number of nitrogens with one attached hydrogen (secondary N) is 1. The smallest absolute Gasteiger partial charge is 0.410 e. The van der Waals surface area contributed by atoms with Gasteiger partial charge in [-0.1, -0.05) is 51.5 Å². The molecule has 2 fully saturated rings. The summed E-state index contributed by atoms with van der Waals surface area (Å²) in [6.07, 6.45) is 6.76. The summed E-state index contributed by atoms with van der Waals surface area (Å²) >= 11 is 0. The minimum Gasteiger partial charge on any atom is -0.433 e. The van der Waals surface area contributed by atoms with Gasteiger partial charge in [-0.3, -0.25) is 15.1 Å². The van der Waals surface area contributed by atoms with Crippen LogP contribution in [0.1, 0.15) is 76.8 Å². The van der Waals surface area contributed by atoms with Crippen LogP contribution in [0.25, 0.3) is 5.70 Å². The molecule has 0 bridgehead atoms. The van der Waals surface area contributed by atoms with Gasteiger partial charge in [-0.05, 0) is 48.3 Å². The monoisotopic (exact) mass is 441 g/mol. The Labute approximate surface area is 190 Å². The molecular weight excluding hydrogens is 406 g/mol. The number of nitrogens with zero attached hydrogens (tertiary/aromatic N) is 1. The summed E-state index contributed by atoms with van der Waals surface area (Å²) in [6.45, 7) is 7.60. The van der Waals surface area contributed by atoms with E-state index in [-0.39, 0.29) is 5.41 Å². The van der Waals surface area contributed by atoms with Crippen LogP contribution in [-0.4, -0.2) is 41.2 Å². The van der Waals surface area contributed by atoms with Gasteiger partial charge in [0.2, 0.25) is 0 Å². The molecule has 1 aromatic rings. The molecular formula is C25H35N3O4. The number of rotatable bonds is 3. The lowest BCUT2D eigenvalue weighted by atomic mass is 9.84. The maximum atomic E-state index is 12.8. The second-order valence-corrected chi connectivity index (χ2v) is 10.4. The minimum absolute atomic E-state index is 0.111. The predicted molar refractivity (Wildman–Crippen MR) is 122 cm³/mol. The maximum absolute atomic E-state index is 12.8. The van der Waals surface area contributed by atoms with Gasteiger partial charge in [0.05, 0.1) is 5.70 Å². The van der Waals surface area contributed by atoms with Gasteiger partial charge in [0, 0.05) is 25.9 Å². The molecule has 0 aromatic heterocycles. The summed E-state index contributed by atoms with van der Waals surface area (Å²) in [5.74, 6) is -0.535. The second kappa shape index (κ2) is 8.43. The van der Waals surface area contributed by atoms with Crippen molar-refractivity contribution < 1.29 is 19.2 Å². The first-order valence-corrected chi connectivity index (χ1v) is 11.7. The highest BCUT2D eigenvalue weighted by Gasteiger charge is 2.45. The zero-order chi connectivity index (χ0) is 23.0. The Hall–Kier alpha value is -2.54. The van der Waals surface area contributed by atoms with Crippen molar-refractivity contribution in [1.82, 2.24) is 10.4 Å². The summed E-state index contributed by atoms with van der Waals surface area (Å²) in [5, 5.41) is 0. The molecule has 2 amide bonds. The van der Waals surface area contributed by atoms with E-state index in [9.17, 15) is 9.59 Å². The third-order valence-corrected chi connectivity index (χ3v) is 7.09. The quantitative estimate of drug-likeness (QED) is 0.739. The van der Waals surface area contributed by atoms with Crippen LogP contribution in [-0.2, 0) is 19.8 Å². The van der Waals surface area contributed by atoms with Crippen LogP contribution in [0.2, 0.25) is 0 Å². The van der Waals surface area contributed by atoms with Crippen molar-refractivity contribution in [3.63, 3.8) is 0 Å². The molecule has 7 heteroatoms. The highest BCUT2D eigenvalue weighted by atomic mass is 16.7. The standard InChI is InChI=1S/C25H35N3O4/c1-23(2,3)19-9-7-18(8-10-19)20-17-24(32-27-20)13-15-28(16-14-24)22(30)31-25(21(26)29)11-5-4-6-12-25/h7-10,17,27H,4-6,11-16H2,1-3H3,(H2,26,29). The predicted octanol–water partition coefficient (Wildman–Crippen LogP) is 4.02. The van der Waals surface area contributed by atoms with Gasteiger partial charge in [-0.25, -0.2) is 4.79 Å². The van der Waals surface area contributed by atoms with E-state index in [2.05, 4.69) is 56.6 Å². The number of primary amides is 1. The molecule has 7 nitrogen and oxygen atoms in total. The van der Waals surface area contributed by atoms with E-state index in [1.165, 1.54) is 5.56 Å². The fourth-order valence-electron chi connectivity index (χ4n) is 4.84. The maximum Gasteiger partial charge on any atom is 0.410 e. The Morgan fingerprint density at radius 2 is 1.66 bits per heavy atom. The van der Waals surface area contributed by atoms with Crippen molar-refractivity contribution in [2.45, 2.75) is 82.3 Å². The molecule has 1 spiro atoms. The molecule has 1 aromatic carbocycles. The van der Waals surface area contributed by atoms with Gasteiger partial charge < -0.3 is 15.4 Å². The van der Waals surface area contributed by atoms with E-state index < -0.39 is 23.2 Å². The van der Waals surface area contributed by atoms with Crippen molar-refractivity contribution in [3.05, 3.63) is 41.5 Å². The number of likely N-dealkylation sites (tertiary alicyclic amines) is 1. The van der Waals surface area contributed by atoms with Crippen molar-refractivity contribution in [1.29, 1.82) is 0 Å². The van der Waals surface area contributed by atoms with Crippen LogP contribution < -0.4 is 11.2 Å².